The van der Waals surface area contributed by atoms with Gasteiger partial charge in [0.25, 0.3) is 0 Å². The third-order valence-corrected chi connectivity index (χ3v) is 6.14. The summed E-state index contributed by atoms with van der Waals surface area (Å²) in [5.74, 6) is 0. The summed E-state index contributed by atoms with van der Waals surface area (Å²) >= 11 is 3.20. The molecule has 0 aromatic heterocycles. The van der Waals surface area contributed by atoms with Gasteiger partial charge in [-0.25, -0.2) is 8.42 Å². The molecule has 1 aromatic carbocycles. The Morgan fingerprint density at radius 1 is 1.10 bits per heavy atom. The van der Waals surface area contributed by atoms with Gasteiger partial charge in [-0.3, -0.25) is 0 Å². The summed E-state index contributed by atoms with van der Waals surface area (Å²) < 4.78 is 26.7. The molecule has 1 atom stereocenters. The summed E-state index contributed by atoms with van der Waals surface area (Å²) in [5, 5.41) is 10.1. The van der Waals surface area contributed by atoms with Crippen LogP contribution in [-0.4, -0.2) is 36.2 Å². The van der Waals surface area contributed by atoms with Crippen molar-refractivity contribution in [1.82, 2.24) is 4.31 Å². The molecule has 1 saturated heterocycles. The van der Waals surface area contributed by atoms with Gasteiger partial charge in [0.05, 0.1) is 11.0 Å². The molecule has 1 unspecified atom stereocenters. The van der Waals surface area contributed by atoms with Crippen LogP contribution in [0, 0.1) is 0 Å². The van der Waals surface area contributed by atoms with E-state index in [1.165, 1.54) is 0 Å². The molecule has 1 N–H and O–H groups in total. The first-order chi connectivity index (χ1) is 9.55. The zero-order valence-corrected chi connectivity index (χ0v) is 13.7. The number of aliphatic hydroxyl groups excluding tert-OH is 1. The van der Waals surface area contributed by atoms with Crippen molar-refractivity contribution in [3.8, 4) is 0 Å². The van der Waals surface area contributed by atoms with Crippen LogP contribution < -0.4 is 0 Å². The second-order valence-electron chi connectivity index (χ2n) is 5.06. The van der Waals surface area contributed by atoms with E-state index in [9.17, 15) is 13.5 Å². The fourth-order valence-electron chi connectivity index (χ4n) is 2.38. The molecular weight excluding hydrogens is 342 g/mol. The monoisotopic (exact) mass is 361 g/mol. The van der Waals surface area contributed by atoms with Crippen molar-refractivity contribution in [1.29, 1.82) is 0 Å². The van der Waals surface area contributed by atoms with Crippen molar-refractivity contribution < 1.29 is 13.5 Å². The Hall–Kier alpha value is -0.430. The van der Waals surface area contributed by atoms with Crippen molar-refractivity contribution in [2.24, 2.45) is 0 Å². The molecule has 1 aliphatic rings. The summed E-state index contributed by atoms with van der Waals surface area (Å²) in [6.45, 7) is 1.21. The SMILES string of the molecule is O=S(=O)(c1ccc(C(O)CBr)cc1)N1CCCCCC1. The smallest absolute Gasteiger partial charge is 0.243 e. The second kappa shape index (κ2) is 7.02. The zero-order valence-electron chi connectivity index (χ0n) is 11.3. The van der Waals surface area contributed by atoms with E-state index in [0.29, 0.717) is 23.3 Å². The lowest BCUT2D eigenvalue weighted by atomic mass is 10.1. The molecule has 0 radical (unpaired) electrons. The standard InChI is InChI=1S/C14H20BrNO3S/c15-11-14(17)12-5-7-13(8-6-12)20(18,19)16-9-3-1-2-4-10-16/h5-8,14,17H,1-4,9-11H2. The third kappa shape index (κ3) is 3.61. The van der Waals surface area contributed by atoms with Gasteiger partial charge >= 0.3 is 0 Å². The first-order valence-electron chi connectivity index (χ1n) is 6.90. The second-order valence-corrected chi connectivity index (χ2v) is 7.64. The van der Waals surface area contributed by atoms with Crippen molar-refractivity contribution >= 4 is 26.0 Å². The van der Waals surface area contributed by atoms with Gasteiger partial charge in [-0.15, -0.1) is 0 Å². The summed E-state index contributed by atoms with van der Waals surface area (Å²) in [6.07, 6.45) is 3.45. The number of aliphatic hydroxyl groups is 1. The van der Waals surface area contributed by atoms with Gasteiger partial charge in [0, 0.05) is 18.4 Å². The molecule has 0 saturated carbocycles. The third-order valence-electron chi connectivity index (χ3n) is 3.61. The Balaban J connectivity index is 2.20. The van der Waals surface area contributed by atoms with E-state index in [-0.39, 0.29) is 0 Å². The molecule has 1 heterocycles. The number of rotatable bonds is 4. The highest BCUT2D eigenvalue weighted by Gasteiger charge is 2.25. The predicted octanol–water partition coefficient (Wildman–Crippen LogP) is 2.68. The van der Waals surface area contributed by atoms with Crippen LogP contribution in [0.1, 0.15) is 37.4 Å². The highest BCUT2D eigenvalue weighted by Crippen LogP contribution is 2.22. The van der Waals surface area contributed by atoms with Crippen LogP contribution in [0.4, 0.5) is 0 Å². The van der Waals surface area contributed by atoms with Crippen molar-refractivity contribution in [3.05, 3.63) is 29.8 Å². The minimum atomic E-state index is -3.39. The lowest BCUT2D eigenvalue weighted by Gasteiger charge is -2.20. The molecule has 1 fully saturated rings. The number of benzene rings is 1. The number of halogens is 1. The van der Waals surface area contributed by atoms with E-state index < -0.39 is 16.1 Å². The van der Waals surface area contributed by atoms with Gasteiger partial charge in [-0.2, -0.15) is 4.31 Å². The summed E-state index contributed by atoms with van der Waals surface area (Å²) in [4.78, 5) is 0.310. The summed E-state index contributed by atoms with van der Waals surface area (Å²) in [5.41, 5.74) is 0.719. The van der Waals surface area contributed by atoms with E-state index in [1.54, 1.807) is 28.6 Å². The van der Waals surface area contributed by atoms with Crippen LogP contribution in [0.3, 0.4) is 0 Å². The molecule has 0 bridgehead atoms. The van der Waals surface area contributed by atoms with E-state index in [0.717, 1.165) is 31.2 Å². The van der Waals surface area contributed by atoms with Crippen LogP contribution in [-0.2, 0) is 10.0 Å². The van der Waals surface area contributed by atoms with Gasteiger partial charge in [-0.05, 0) is 30.5 Å². The van der Waals surface area contributed by atoms with Crippen LogP contribution >= 0.6 is 15.9 Å². The Bertz CT molecular complexity index is 522. The number of hydrogen-bond donors (Lipinski definition) is 1. The maximum atomic E-state index is 12.5. The molecule has 20 heavy (non-hydrogen) atoms. The van der Waals surface area contributed by atoms with Crippen molar-refractivity contribution in [2.75, 3.05) is 18.4 Å². The maximum absolute atomic E-state index is 12.5. The summed E-state index contributed by atoms with van der Waals surface area (Å²) in [6, 6.07) is 6.52. The molecule has 0 amide bonds. The normalized spacial score (nSPS) is 19.5. The van der Waals surface area contributed by atoms with E-state index in [1.807, 2.05) is 0 Å². The first kappa shape index (κ1) is 15.9. The largest absolute Gasteiger partial charge is 0.388 e. The molecule has 1 aliphatic heterocycles. The molecule has 4 nitrogen and oxygen atoms in total. The van der Waals surface area contributed by atoms with Crippen molar-refractivity contribution in [3.63, 3.8) is 0 Å². The van der Waals surface area contributed by atoms with E-state index in [4.69, 9.17) is 0 Å². The van der Waals surface area contributed by atoms with Crippen LogP contribution in [0.15, 0.2) is 29.2 Å². The molecule has 0 aliphatic carbocycles. The minimum absolute atomic E-state index is 0.310. The highest BCUT2D eigenvalue weighted by atomic mass is 79.9. The van der Waals surface area contributed by atoms with Gasteiger partial charge in [0.15, 0.2) is 0 Å². The molecule has 1 aromatic rings. The number of alkyl halides is 1. The number of sulfonamides is 1. The highest BCUT2D eigenvalue weighted by molar-refractivity contribution is 9.09. The quantitative estimate of drug-likeness (QED) is 0.838. The van der Waals surface area contributed by atoms with Crippen LogP contribution in [0.5, 0.6) is 0 Å². The molecule has 112 valence electrons. The Morgan fingerprint density at radius 3 is 2.15 bits per heavy atom. The first-order valence-corrected chi connectivity index (χ1v) is 9.46. The molecule has 6 heteroatoms. The average molecular weight is 362 g/mol. The van der Waals surface area contributed by atoms with E-state index in [2.05, 4.69) is 15.9 Å². The molecule has 2 rings (SSSR count). The van der Waals surface area contributed by atoms with Crippen LogP contribution in [0.2, 0.25) is 0 Å². The Kier molecular flexibility index (Phi) is 5.60. The number of nitrogens with zero attached hydrogens (tertiary/aromatic N) is 1. The Labute approximate surface area is 129 Å². The predicted molar refractivity (Wildman–Crippen MR) is 82.4 cm³/mol. The topological polar surface area (TPSA) is 57.6 Å². The lowest BCUT2D eigenvalue weighted by molar-refractivity contribution is 0.205. The van der Waals surface area contributed by atoms with Gasteiger partial charge in [0.2, 0.25) is 10.0 Å². The zero-order chi connectivity index (χ0) is 14.6. The molecular formula is C14H20BrNO3S. The fourth-order valence-corrected chi connectivity index (χ4v) is 4.27. The Morgan fingerprint density at radius 2 is 1.65 bits per heavy atom. The van der Waals surface area contributed by atoms with Gasteiger partial charge in [-0.1, -0.05) is 40.9 Å². The van der Waals surface area contributed by atoms with Crippen LogP contribution in [0.25, 0.3) is 0 Å². The molecule has 0 spiro atoms. The maximum Gasteiger partial charge on any atom is 0.243 e. The van der Waals surface area contributed by atoms with Gasteiger partial charge < -0.3 is 5.11 Å². The number of hydrogen-bond acceptors (Lipinski definition) is 3. The average Bonchev–Trinajstić information content (AvgIpc) is 2.76. The van der Waals surface area contributed by atoms with Crippen molar-refractivity contribution in [2.45, 2.75) is 36.7 Å². The van der Waals surface area contributed by atoms with Gasteiger partial charge in [0.1, 0.15) is 0 Å². The lowest BCUT2D eigenvalue weighted by Crippen LogP contribution is -2.31. The fraction of sp³-hybridized carbons (Fsp3) is 0.571. The van der Waals surface area contributed by atoms with E-state index >= 15 is 0 Å². The summed E-state index contributed by atoms with van der Waals surface area (Å²) in [7, 11) is -3.39. The minimum Gasteiger partial charge on any atom is -0.388 e.